The smallest absolute Gasteiger partial charge is 0.223 e. The van der Waals surface area contributed by atoms with Crippen LogP contribution in [-0.4, -0.2) is 28.1 Å². The summed E-state index contributed by atoms with van der Waals surface area (Å²) in [7, 11) is 0. The lowest BCUT2D eigenvalue weighted by Crippen LogP contribution is -2.14. The van der Waals surface area contributed by atoms with Gasteiger partial charge in [0.1, 0.15) is 17.9 Å². The molecule has 118 valence electrons. The number of hydrogen-bond acceptors (Lipinski definition) is 5. The van der Waals surface area contributed by atoms with Gasteiger partial charge in [-0.3, -0.25) is 4.98 Å². The number of hydrogen-bond donors (Lipinski definition) is 1. The Hall–Kier alpha value is -2.69. The lowest BCUT2D eigenvalue weighted by molar-refractivity contribution is 0.336. The average molecular weight is 308 g/mol. The van der Waals surface area contributed by atoms with Crippen molar-refractivity contribution in [3.8, 4) is 5.75 Å². The van der Waals surface area contributed by atoms with E-state index in [9.17, 15) is 0 Å². The highest BCUT2D eigenvalue weighted by Crippen LogP contribution is 2.22. The Kier molecular flexibility index (Phi) is 4.37. The molecule has 0 aliphatic heterocycles. The number of para-hydroxylation sites is 1. The average Bonchev–Trinajstić information content (AvgIpc) is 2.56. The molecule has 0 radical (unpaired) electrons. The minimum absolute atomic E-state index is 0.519. The molecule has 0 amide bonds. The van der Waals surface area contributed by atoms with E-state index in [4.69, 9.17) is 4.74 Å². The highest BCUT2D eigenvalue weighted by molar-refractivity contribution is 5.84. The van der Waals surface area contributed by atoms with E-state index in [0.717, 1.165) is 33.6 Å². The Morgan fingerprint density at radius 2 is 1.74 bits per heavy atom. The second kappa shape index (κ2) is 6.60. The first-order chi connectivity index (χ1) is 11.1. The van der Waals surface area contributed by atoms with E-state index in [1.165, 1.54) is 0 Å². The van der Waals surface area contributed by atoms with Crippen molar-refractivity contribution in [2.45, 2.75) is 20.8 Å². The van der Waals surface area contributed by atoms with Crippen LogP contribution in [0.3, 0.4) is 0 Å². The molecule has 1 N–H and O–H groups in total. The molecule has 2 heterocycles. The van der Waals surface area contributed by atoms with Gasteiger partial charge in [0, 0.05) is 23.0 Å². The number of pyridine rings is 1. The van der Waals surface area contributed by atoms with Gasteiger partial charge in [0.25, 0.3) is 0 Å². The van der Waals surface area contributed by atoms with Crippen molar-refractivity contribution in [1.29, 1.82) is 0 Å². The molecule has 0 saturated heterocycles. The number of fused-ring (bicyclic) bond motifs is 1. The van der Waals surface area contributed by atoms with Crippen molar-refractivity contribution in [2.24, 2.45) is 0 Å². The monoisotopic (exact) mass is 308 g/mol. The third-order valence-electron chi connectivity index (χ3n) is 3.87. The predicted octanol–water partition coefficient (Wildman–Crippen LogP) is 3.44. The molecule has 23 heavy (non-hydrogen) atoms. The number of ether oxygens (including phenoxy) is 1. The Bertz CT molecular complexity index is 804. The van der Waals surface area contributed by atoms with Crippen molar-refractivity contribution >= 4 is 16.9 Å². The van der Waals surface area contributed by atoms with Gasteiger partial charge in [0.15, 0.2) is 0 Å². The molecule has 0 bridgehead atoms. The molecule has 0 aliphatic rings. The van der Waals surface area contributed by atoms with E-state index in [2.05, 4.69) is 20.3 Å². The SMILES string of the molecule is Cc1nc(NCCOc2cccc3cccnc23)nc(C)c1C. The van der Waals surface area contributed by atoms with Gasteiger partial charge in [-0.2, -0.15) is 0 Å². The van der Waals surface area contributed by atoms with E-state index < -0.39 is 0 Å². The standard InChI is InChI=1S/C18H20N4O/c1-12-13(2)21-18(22-14(12)3)20-10-11-23-16-8-4-6-15-7-5-9-19-17(15)16/h4-9H,10-11H2,1-3H3,(H,20,21,22). The normalized spacial score (nSPS) is 10.7. The summed E-state index contributed by atoms with van der Waals surface area (Å²) in [4.78, 5) is 13.3. The zero-order chi connectivity index (χ0) is 16.2. The first-order valence-corrected chi connectivity index (χ1v) is 7.67. The third-order valence-corrected chi connectivity index (χ3v) is 3.87. The van der Waals surface area contributed by atoms with Crippen molar-refractivity contribution in [1.82, 2.24) is 15.0 Å². The van der Waals surface area contributed by atoms with Gasteiger partial charge >= 0.3 is 0 Å². The second-order valence-electron chi connectivity index (χ2n) is 5.45. The van der Waals surface area contributed by atoms with Crippen LogP contribution in [0.4, 0.5) is 5.95 Å². The first kappa shape index (κ1) is 15.2. The largest absolute Gasteiger partial charge is 0.489 e. The fourth-order valence-corrected chi connectivity index (χ4v) is 2.37. The van der Waals surface area contributed by atoms with Crippen LogP contribution in [0, 0.1) is 20.8 Å². The zero-order valence-corrected chi connectivity index (χ0v) is 13.6. The van der Waals surface area contributed by atoms with E-state index in [-0.39, 0.29) is 0 Å². The summed E-state index contributed by atoms with van der Waals surface area (Å²) in [5.74, 6) is 1.44. The Balaban J connectivity index is 1.61. The van der Waals surface area contributed by atoms with Crippen LogP contribution in [-0.2, 0) is 0 Å². The molecule has 3 rings (SSSR count). The van der Waals surface area contributed by atoms with E-state index >= 15 is 0 Å². The van der Waals surface area contributed by atoms with Crippen LogP contribution >= 0.6 is 0 Å². The molecule has 3 aromatic rings. The van der Waals surface area contributed by atoms with Crippen LogP contribution in [0.2, 0.25) is 0 Å². The summed E-state index contributed by atoms with van der Waals surface area (Å²) in [5.41, 5.74) is 4.01. The van der Waals surface area contributed by atoms with E-state index in [1.54, 1.807) is 6.20 Å². The van der Waals surface area contributed by atoms with Crippen molar-refractivity contribution in [3.63, 3.8) is 0 Å². The van der Waals surface area contributed by atoms with Gasteiger partial charge in [0.2, 0.25) is 5.95 Å². The lowest BCUT2D eigenvalue weighted by Gasteiger charge is -2.11. The maximum atomic E-state index is 5.84. The van der Waals surface area contributed by atoms with Crippen LogP contribution in [0.1, 0.15) is 17.0 Å². The summed E-state index contributed by atoms with van der Waals surface area (Å²) in [6.45, 7) is 7.17. The van der Waals surface area contributed by atoms with Crippen molar-refractivity contribution < 1.29 is 4.74 Å². The molecule has 0 spiro atoms. The first-order valence-electron chi connectivity index (χ1n) is 7.67. The van der Waals surface area contributed by atoms with Gasteiger partial charge in [-0.05, 0) is 38.5 Å². The fraction of sp³-hybridized carbons (Fsp3) is 0.278. The number of nitrogens with one attached hydrogen (secondary N) is 1. The molecule has 0 unspecified atom stereocenters. The quantitative estimate of drug-likeness (QED) is 0.732. The molecule has 0 fully saturated rings. The van der Waals surface area contributed by atoms with Gasteiger partial charge in [0.05, 0.1) is 6.54 Å². The number of aromatic nitrogens is 3. The van der Waals surface area contributed by atoms with Gasteiger partial charge < -0.3 is 10.1 Å². The van der Waals surface area contributed by atoms with Crippen LogP contribution in [0.25, 0.3) is 10.9 Å². The van der Waals surface area contributed by atoms with Crippen LogP contribution in [0.5, 0.6) is 5.75 Å². The summed E-state index contributed by atoms with van der Waals surface area (Å²) in [6.07, 6.45) is 1.78. The minimum Gasteiger partial charge on any atom is -0.489 e. The summed E-state index contributed by atoms with van der Waals surface area (Å²) in [5, 5.41) is 4.28. The number of nitrogens with zero attached hydrogens (tertiary/aromatic N) is 3. The number of rotatable bonds is 5. The van der Waals surface area contributed by atoms with Crippen molar-refractivity contribution in [2.75, 3.05) is 18.5 Å². The molecule has 0 saturated carbocycles. The topological polar surface area (TPSA) is 59.9 Å². The molecule has 5 heteroatoms. The molecule has 2 aromatic heterocycles. The van der Waals surface area contributed by atoms with Gasteiger partial charge in [-0.1, -0.05) is 18.2 Å². The van der Waals surface area contributed by atoms with E-state index in [0.29, 0.717) is 19.1 Å². The summed E-state index contributed by atoms with van der Waals surface area (Å²) in [6, 6.07) is 9.89. The summed E-state index contributed by atoms with van der Waals surface area (Å²) >= 11 is 0. The Labute approximate surface area is 135 Å². The Morgan fingerprint density at radius 3 is 2.52 bits per heavy atom. The summed E-state index contributed by atoms with van der Waals surface area (Å²) < 4.78 is 5.84. The van der Waals surface area contributed by atoms with Crippen LogP contribution < -0.4 is 10.1 Å². The predicted molar refractivity (Wildman–Crippen MR) is 92.0 cm³/mol. The molecule has 5 nitrogen and oxygen atoms in total. The highest BCUT2D eigenvalue weighted by atomic mass is 16.5. The number of benzene rings is 1. The maximum Gasteiger partial charge on any atom is 0.223 e. The molecule has 1 aromatic carbocycles. The number of aryl methyl sites for hydroxylation is 2. The molecule has 0 aliphatic carbocycles. The maximum absolute atomic E-state index is 5.84. The highest BCUT2D eigenvalue weighted by Gasteiger charge is 2.05. The lowest BCUT2D eigenvalue weighted by atomic mass is 10.2. The zero-order valence-electron chi connectivity index (χ0n) is 13.6. The molecular weight excluding hydrogens is 288 g/mol. The fourth-order valence-electron chi connectivity index (χ4n) is 2.37. The second-order valence-corrected chi connectivity index (χ2v) is 5.45. The van der Waals surface area contributed by atoms with Crippen molar-refractivity contribution in [3.05, 3.63) is 53.5 Å². The number of anilines is 1. The molecular formula is C18H20N4O. The third kappa shape index (κ3) is 3.39. The van der Waals surface area contributed by atoms with Crippen LogP contribution in [0.15, 0.2) is 36.5 Å². The van der Waals surface area contributed by atoms with Gasteiger partial charge in [-0.25, -0.2) is 9.97 Å². The minimum atomic E-state index is 0.519. The van der Waals surface area contributed by atoms with Gasteiger partial charge in [-0.15, -0.1) is 0 Å². The Morgan fingerprint density at radius 1 is 1.00 bits per heavy atom. The van der Waals surface area contributed by atoms with E-state index in [1.807, 2.05) is 51.1 Å². The molecule has 0 atom stereocenters.